The maximum absolute atomic E-state index is 12.7. The lowest BCUT2D eigenvalue weighted by Gasteiger charge is -2.33. The standard InChI is InChI=1S/C17H22N6O2/c24-16(14-12-5-1-2-6-13(12)21-22-14)20-11-4-3-9-23(10-11)15-17(25)19-8-7-18-15/h7-8,11H,1-6,9-10H2,(H,19,25)(H,20,24)(H,21,22)/t11-/m0/s1. The van der Waals surface area contributed by atoms with Gasteiger partial charge in [0.2, 0.25) is 0 Å². The number of piperidine rings is 1. The number of nitrogens with zero attached hydrogens (tertiary/aromatic N) is 3. The van der Waals surface area contributed by atoms with E-state index in [0.717, 1.165) is 56.3 Å². The van der Waals surface area contributed by atoms with E-state index < -0.39 is 0 Å². The molecule has 2 aliphatic rings. The molecule has 3 heterocycles. The normalized spacial score (nSPS) is 20.2. The van der Waals surface area contributed by atoms with Crippen molar-refractivity contribution >= 4 is 11.7 Å². The monoisotopic (exact) mass is 342 g/mol. The average Bonchev–Trinajstić information content (AvgIpc) is 3.06. The summed E-state index contributed by atoms with van der Waals surface area (Å²) in [5.74, 6) is 0.291. The van der Waals surface area contributed by atoms with Crippen molar-refractivity contribution in [2.45, 2.75) is 44.6 Å². The van der Waals surface area contributed by atoms with Crippen molar-refractivity contribution in [2.24, 2.45) is 0 Å². The van der Waals surface area contributed by atoms with Gasteiger partial charge >= 0.3 is 0 Å². The van der Waals surface area contributed by atoms with E-state index in [1.165, 1.54) is 6.20 Å². The molecule has 0 unspecified atom stereocenters. The number of aromatic amines is 2. The second-order valence-electron chi connectivity index (χ2n) is 6.74. The Morgan fingerprint density at radius 2 is 2.16 bits per heavy atom. The quantitative estimate of drug-likeness (QED) is 0.764. The molecule has 2 aromatic heterocycles. The van der Waals surface area contributed by atoms with Crippen molar-refractivity contribution in [1.82, 2.24) is 25.5 Å². The van der Waals surface area contributed by atoms with Crippen molar-refractivity contribution in [3.05, 3.63) is 39.7 Å². The number of rotatable bonds is 3. The highest BCUT2D eigenvalue weighted by atomic mass is 16.2. The van der Waals surface area contributed by atoms with Crippen LogP contribution in [0.5, 0.6) is 0 Å². The van der Waals surface area contributed by atoms with E-state index in [-0.39, 0.29) is 17.5 Å². The second kappa shape index (κ2) is 6.70. The molecular weight excluding hydrogens is 320 g/mol. The van der Waals surface area contributed by atoms with Crippen molar-refractivity contribution in [3.63, 3.8) is 0 Å². The highest BCUT2D eigenvalue weighted by Gasteiger charge is 2.27. The molecule has 4 rings (SSSR count). The summed E-state index contributed by atoms with van der Waals surface area (Å²) < 4.78 is 0. The van der Waals surface area contributed by atoms with E-state index in [1.54, 1.807) is 6.20 Å². The Morgan fingerprint density at radius 1 is 1.28 bits per heavy atom. The lowest BCUT2D eigenvalue weighted by atomic mass is 9.95. The number of carbonyl (C=O) groups excluding carboxylic acids is 1. The Morgan fingerprint density at radius 3 is 3.04 bits per heavy atom. The van der Waals surface area contributed by atoms with Gasteiger partial charge in [0.25, 0.3) is 11.5 Å². The predicted molar refractivity (Wildman–Crippen MR) is 92.8 cm³/mol. The van der Waals surface area contributed by atoms with Gasteiger partial charge in [0, 0.05) is 42.8 Å². The van der Waals surface area contributed by atoms with Crippen LogP contribution in [0.1, 0.15) is 47.4 Å². The van der Waals surface area contributed by atoms with Gasteiger partial charge < -0.3 is 15.2 Å². The largest absolute Gasteiger partial charge is 0.350 e. The summed E-state index contributed by atoms with van der Waals surface area (Å²) in [5.41, 5.74) is 2.50. The summed E-state index contributed by atoms with van der Waals surface area (Å²) in [6.45, 7) is 1.35. The van der Waals surface area contributed by atoms with Gasteiger partial charge in [-0.3, -0.25) is 14.7 Å². The van der Waals surface area contributed by atoms with Crippen LogP contribution in [0.15, 0.2) is 17.2 Å². The summed E-state index contributed by atoms with van der Waals surface area (Å²) in [4.78, 5) is 33.4. The van der Waals surface area contributed by atoms with Crippen LogP contribution in [0, 0.1) is 0 Å². The van der Waals surface area contributed by atoms with Gasteiger partial charge in [0.05, 0.1) is 0 Å². The molecule has 8 heteroatoms. The molecule has 1 saturated heterocycles. The van der Waals surface area contributed by atoms with E-state index in [2.05, 4.69) is 25.5 Å². The molecule has 25 heavy (non-hydrogen) atoms. The summed E-state index contributed by atoms with van der Waals surface area (Å²) in [6, 6.07) is -0.0152. The Labute approximate surface area is 145 Å². The van der Waals surface area contributed by atoms with Crippen molar-refractivity contribution in [3.8, 4) is 0 Å². The second-order valence-corrected chi connectivity index (χ2v) is 6.74. The van der Waals surface area contributed by atoms with Gasteiger partial charge in [-0.2, -0.15) is 5.10 Å². The van der Waals surface area contributed by atoms with Gasteiger partial charge in [-0.1, -0.05) is 0 Å². The molecule has 1 fully saturated rings. The molecule has 1 aliphatic heterocycles. The number of fused-ring (bicyclic) bond motifs is 1. The average molecular weight is 342 g/mol. The Hall–Kier alpha value is -2.64. The van der Waals surface area contributed by atoms with E-state index in [9.17, 15) is 9.59 Å². The molecule has 0 bridgehead atoms. The Balaban J connectivity index is 1.46. The third-order valence-corrected chi connectivity index (χ3v) is 5.02. The van der Waals surface area contributed by atoms with Crippen LogP contribution in [0.4, 0.5) is 5.82 Å². The zero-order valence-electron chi connectivity index (χ0n) is 14.0. The predicted octanol–water partition coefficient (Wildman–Crippen LogP) is 0.771. The van der Waals surface area contributed by atoms with Crippen molar-refractivity contribution in [2.75, 3.05) is 18.0 Å². The minimum atomic E-state index is -0.198. The van der Waals surface area contributed by atoms with Crippen LogP contribution in [0.2, 0.25) is 0 Å². The molecule has 8 nitrogen and oxygen atoms in total. The molecule has 2 aromatic rings. The van der Waals surface area contributed by atoms with E-state index >= 15 is 0 Å². The number of aryl methyl sites for hydroxylation is 1. The summed E-state index contributed by atoms with van der Waals surface area (Å²) in [6.07, 6.45) is 9.02. The molecule has 1 atom stereocenters. The van der Waals surface area contributed by atoms with Crippen LogP contribution in [-0.2, 0) is 12.8 Å². The van der Waals surface area contributed by atoms with Crippen LogP contribution in [-0.4, -0.2) is 45.2 Å². The number of hydrogen-bond acceptors (Lipinski definition) is 5. The fraction of sp³-hybridized carbons (Fsp3) is 0.529. The number of anilines is 1. The third kappa shape index (κ3) is 3.16. The maximum atomic E-state index is 12.7. The number of aromatic nitrogens is 4. The van der Waals surface area contributed by atoms with Gasteiger partial charge in [-0.25, -0.2) is 4.98 Å². The lowest BCUT2D eigenvalue weighted by Crippen LogP contribution is -2.49. The van der Waals surface area contributed by atoms with Gasteiger partial charge in [0.1, 0.15) is 0 Å². The minimum absolute atomic E-state index is 0.0152. The SMILES string of the molecule is O=C(N[C@H]1CCCN(c2ncc[nH]c2=O)C1)c1n[nH]c2c1CCCC2. The fourth-order valence-corrected chi connectivity index (χ4v) is 3.78. The molecular formula is C17H22N6O2. The number of hydrogen-bond donors (Lipinski definition) is 3. The van der Waals surface area contributed by atoms with Gasteiger partial charge in [-0.05, 0) is 38.5 Å². The van der Waals surface area contributed by atoms with Gasteiger partial charge in [-0.15, -0.1) is 0 Å². The molecule has 0 spiro atoms. The van der Waals surface area contributed by atoms with Crippen LogP contribution in [0.3, 0.4) is 0 Å². The molecule has 0 aromatic carbocycles. The first-order chi connectivity index (χ1) is 12.2. The molecule has 1 aliphatic carbocycles. The fourth-order valence-electron chi connectivity index (χ4n) is 3.78. The molecule has 0 radical (unpaired) electrons. The van der Waals surface area contributed by atoms with Crippen LogP contribution in [0.25, 0.3) is 0 Å². The molecule has 0 saturated carbocycles. The van der Waals surface area contributed by atoms with Crippen molar-refractivity contribution in [1.29, 1.82) is 0 Å². The van der Waals surface area contributed by atoms with Crippen LogP contribution >= 0.6 is 0 Å². The first kappa shape index (κ1) is 15.9. The smallest absolute Gasteiger partial charge is 0.290 e. The molecule has 1 amide bonds. The third-order valence-electron chi connectivity index (χ3n) is 5.02. The topological polar surface area (TPSA) is 107 Å². The highest BCUT2D eigenvalue weighted by molar-refractivity contribution is 5.94. The highest BCUT2D eigenvalue weighted by Crippen LogP contribution is 2.22. The van der Waals surface area contributed by atoms with E-state index in [1.807, 2.05) is 4.90 Å². The number of nitrogens with one attached hydrogen (secondary N) is 3. The minimum Gasteiger partial charge on any atom is -0.350 e. The zero-order chi connectivity index (χ0) is 17.2. The van der Waals surface area contributed by atoms with E-state index in [0.29, 0.717) is 18.1 Å². The summed E-state index contributed by atoms with van der Waals surface area (Å²) >= 11 is 0. The van der Waals surface area contributed by atoms with Gasteiger partial charge in [0.15, 0.2) is 11.5 Å². The van der Waals surface area contributed by atoms with Crippen molar-refractivity contribution < 1.29 is 4.79 Å². The Bertz CT molecular complexity index is 827. The number of amides is 1. The number of carbonyl (C=O) groups is 1. The first-order valence-electron chi connectivity index (χ1n) is 8.88. The first-order valence-corrected chi connectivity index (χ1v) is 8.88. The molecule has 3 N–H and O–H groups in total. The lowest BCUT2D eigenvalue weighted by molar-refractivity contribution is 0.0927. The van der Waals surface area contributed by atoms with Crippen LogP contribution < -0.4 is 15.8 Å². The summed E-state index contributed by atoms with van der Waals surface area (Å²) in [5, 5.41) is 10.3. The maximum Gasteiger partial charge on any atom is 0.290 e. The van der Waals surface area contributed by atoms with E-state index in [4.69, 9.17) is 0 Å². The zero-order valence-corrected chi connectivity index (χ0v) is 14.0. The Kier molecular flexibility index (Phi) is 4.25. The molecule has 132 valence electrons. The number of H-pyrrole nitrogens is 2. The summed E-state index contributed by atoms with van der Waals surface area (Å²) in [7, 11) is 0.